The standard InChI is InChI=1S/C28H38N2O3/c29-23(18-21-8-3-1-4-9-21)20-24(31)12-16-28(14-7-15-28)17-13-26(32)27(33)25(30)19-22-10-5-2-6-11-22/h1-6,8-11,23,25,27,33H,7,12-20,29-30H2. The van der Waals surface area contributed by atoms with Crippen LogP contribution >= 0.6 is 0 Å². The second-order valence-corrected chi connectivity index (χ2v) is 9.81. The molecule has 0 aromatic heterocycles. The number of aliphatic hydroxyl groups is 1. The Balaban J connectivity index is 1.40. The van der Waals surface area contributed by atoms with Gasteiger partial charge in [-0.3, -0.25) is 9.59 Å². The number of ketones is 2. The summed E-state index contributed by atoms with van der Waals surface area (Å²) in [6.07, 6.45) is 5.93. The van der Waals surface area contributed by atoms with Gasteiger partial charge in [0.15, 0.2) is 5.78 Å². The van der Waals surface area contributed by atoms with E-state index in [0.29, 0.717) is 38.5 Å². The molecule has 5 nitrogen and oxygen atoms in total. The topological polar surface area (TPSA) is 106 Å². The molecule has 0 radical (unpaired) electrons. The Kier molecular flexibility index (Phi) is 9.36. The average molecular weight is 451 g/mol. The molecule has 0 heterocycles. The van der Waals surface area contributed by atoms with Gasteiger partial charge in [0.2, 0.25) is 0 Å². The molecular weight excluding hydrogens is 412 g/mol. The normalized spacial score (nSPS) is 17.5. The lowest BCUT2D eigenvalue weighted by Crippen LogP contribution is -2.42. The molecule has 1 aliphatic rings. The van der Waals surface area contributed by atoms with Crippen LogP contribution in [0.5, 0.6) is 0 Å². The first-order valence-electron chi connectivity index (χ1n) is 12.2. The Labute approximate surface area is 197 Å². The molecule has 0 amide bonds. The van der Waals surface area contributed by atoms with Crippen molar-refractivity contribution in [3.05, 3.63) is 71.8 Å². The molecule has 178 valence electrons. The van der Waals surface area contributed by atoms with Crippen LogP contribution in [0, 0.1) is 5.41 Å². The molecule has 0 saturated heterocycles. The highest BCUT2D eigenvalue weighted by molar-refractivity contribution is 5.83. The molecule has 3 atom stereocenters. The van der Waals surface area contributed by atoms with Crippen LogP contribution < -0.4 is 11.5 Å². The van der Waals surface area contributed by atoms with E-state index in [1.807, 2.05) is 60.7 Å². The third-order valence-electron chi connectivity index (χ3n) is 7.13. The third kappa shape index (κ3) is 7.88. The maximum atomic E-state index is 12.6. The van der Waals surface area contributed by atoms with E-state index in [0.717, 1.165) is 36.8 Å². The lowest BCUT2D eigenvalue weighted by Gasteiger charge is -2.42. The molecule has 1 fully saturated rings. The van der Waals surface area contributed by atoms with E-state index in [4.69, 9.17) is 11.5 Å². The van der Waals surface area contributed by atoms with Crippen LogP contribution in [0.3, 0.4) is 0 Å². The number of hydrogen-bond donors (Lipinski definition) is 3. The fraction of sp³-hybridized carbons (Fsp3) is 0.500. The molecule has 2 aromatic rings. The minimum atomic E-state index is -1.15. The van der Waals surface area contributed by atoms with Gasteiger partial charge in [-0.1, -0.05) is 67.1 Å². The number of carbonyl (C=O) groups is 2. The Hall–Kier alpha value is -2.34. The zero-order valence-electron chi connectivity index (χ0n) is 19.5. The van der Waals surface area contributed by atoms with Crippen LogP contribution in [-0.2, 0) is 22.4 Å². The summed E-state index contributed by atoms with van der Waals surface area (Å²) in [6, 6.07) is 18.9. The van der Waals surface area contributed by atoms with E-state index >= 15 is 0 Å². The molecule has 1 aliphatic carbocycles. The summed E-state index contributed by atoms with van der Waals surface area (Å²) in [5.41, 5.74) is 14.5. The Morgan fingerprint density at radius 1 is 0.848 bits per heavy atom. The molecule has 3 rings (SSSR count). The highest BCUT2D eigenvalue weighted by Crippen LogP contribution is 2.48. The maximum absolute atomic E-state index is 12.6. The summed E-state index contributed by atoms with van der Waals surface area (Å²) in [5, 5.41) is 10.4. The zero-order valence-corrected chi connectivity index (χ0v) is 19.5. The van der Waals surface area contributed by atoms with Crippen molar-refractivity contribution in [2.45, 2.75) is 82.4 Å². The fourth-order valence-electron chi connectivity index (χ4n) is 4.86. The van der Waals surface area contributed by atoms with Crippen molar-refractivity contribution in [3.8, 4) is 0 Å². The molecule has 0 aliphatic heterocycles. The van der Waals surface area contributed by atoms with Crippen LogP contribution in [0.25, 0.3) is 0 Å². The van der Waals surface area contributed by atoms with Crippen LogP contribution in [0.1, 0.15) is 62.5 Å². The molecular formula is C28H38N2O3. The SMILES string of the molecule is NC(CC(=O)CCC1(CCC(=O)C(O)C(N)Cc2ccccc2)CCC1)Cc1ccccc1. The summed E-state index contributed by atoms with van der Waals surface area (Å²) in [4.78, 5) is 25.1. The number of benzene rings is 2. The molecule has 1 saturated carbocycles. The zero-order chi connectivity index (χ0) is 23.7. The van der Waals surface area contributed by atoms with Gasteiger partial charge in [-0.15, -0.1) is 0 Å². The van der Waals surface area contributed by atoms with E-state index in [-0.39, 0.29) is 23.0 Å². The highest BCUT2D eigenvalue weighted by atomic mass is 16.3. The van der Waals surface area contributed by atoms with Gasteiger partial charge < -0.3 is 16.6 Å². The molecule has 5 heteroatoms. The number of nitrogens with two attached hydrogens (primary N) is 2. The first-order valence-corrected chi connectivity index (χ1v) is 12.2. The van der Waals surface area contributed by atoms with Crippen molar-refractivity contribution in [2.75, 3.05) is 0 Å². The van der Waals surface area contributed by atoms with Gasteiger partial charge >= 0.3 is 0 Å². The number of hydrogen-bond acceptors (Lipinski definition) is 5. The van der Waals surface area contributed by atoms with Gasteiger partial charge in [-0.05, 0) is 55.1 Å². The van der Waals surface area contributed by atoms with Gasteiger partial charge in [0.25, 0.3) is 0 Å². The quantitative estimate of drug-likeness (QED) is 0.406. The second-order valence-electron chi connectivity index (χ2n) is 9.81. The van der Waals surface area contributed by atoms with Crippen molar-refractivity contribution < 1.29 is 14.7 Å². The Bertz CT molecular complexity index is 881. The van der Waals surface area contributed by atoms with Crippen LogP contribution in [0.15, 0.2) is 60.7 Å². The highest BCUT2D eigenvalue weighted by Gasteiger charge is 2.38. The average Bonchev–Trinajstić information content (AvgIpc) is 2.78. The van der Waals surface area contributed by atoms with Gasteiger partial charge in [0.1, 0.15) is 11.9 Å². The first kappa shape index (κ1) is 25.3. The van der Waals surface area contributed by atoms with E-state index in [1.54, 1.807) is 0 Å². The van der Waals surface area contributed by atoms with E-state index in [1.165, 1.54) is 0 Å². The third-order valence-corrected chi connectivity index (χ3v) is 7.13. The van der Waals surface area contributed by atoms with Crippen LogP contribution in [0.4, 0.5) is 0 Å². The first-order chi connectivity index (χ1) is 15.9. The lowest BCUT2D eigenvalue weighted by atomic mass is 9.63. The molecule has 33 heavy (non-hydrogen) atoms. The van der Waals surface area contributed by atoms with Crippen molar-refractivity contribution in [1.29, 1.82) is 0 Å². The van der Waals surface area contributed by atoms with Gasteiger partial charge in [-0.25, -0.2) is 0 Å². The number of carbonyl (C=O) groups excluding carboxylic acids is 2. The molecule has 0 bridgehead atoms. The van der Waals surface area contributed by atoms with Crippen LogP contribution in [0.2, 0.25) is 0 Å². The monoisotopic (exact) mass is 450 g/mol. The molecule has 5 N–H and O–H groups in total. The summed E-state index contributed by atoms with van der Waals surface area (Å²) in [6.45, 7) is 0. The van der Waals surface area contributed by atoms with Crippen molar-refractivity contribution >= 4 is 11.6 Å². The molecule has 2 aromatic carbocycles. The van der Waals surface area contributed by atoms with Gasteiger partial charge in [0.05, 0.1) is 0 Å². The predicted molar refractivity (Wildman–Crippen MR) is 132 cm³/mol. The van der Waals surface area contributed by atoms with Gasteiger partial charge in [-0.2, -0.15) is 0 Å². The number of Topliss-reactive ketones (excluding diaryl/α,β-unsaturated/α-hetero) is 2. The Morgan fingerprint density at radius 2 is 1.39 bits per heavy atom. The number of aliphatic hydroxyl groups excluding tert-OH is 1. The summed E-state index contributed by atoms with van der Waals surface area (Å²) >= 11 is 0. The summed E-state index contributed by atoms with van der Waals surface area (Å²) < 4.78 is 0. The maximum Gasteiger partial charge on any atom is 0.162 e. The van der Waals surface area contributed by atoms with E-state index in [9.17, 15) is 14.7 Å². The lowest BCUT2D eigenvalue weighted by molar-refractivity contribution is -0.129. The summed E-state index contributed by atoms with van der Waals surface area (Å²) in [7, 11) is 0. The number of rotatable bonds is 14. The minimum Gasteiger partial charge on any atom is -0.384 e. The van der Waals surface area contributed by atoms with Crippen molar-refractivity contribution in [2.24, 2.45) is 16.9 Å². The smallest absolute Gasteiger partial charge is 0.162 e. The molecule has 3 unspecified atom stereocenters. The van der Waals surface area contributed by atoms with Crippen molar-refractivity contribution in [3.63, 3.8) is 0 Å². The largest absolute Gasteiger partial charge is 0.384 e. The fourth-order valence-corrected chi connectivity index (χ4v) is 4.86. The van der Waals surface area contributed by atoms with Crippen molar-refractivity contribution in [1.82, 2.24) is 0 Å². The van der Waals surface area contributed by atoms with E-state index in [2.05, 4.69) is 0 Å². The Morgan fingerprint density at radius 3 is 1.94 bits per heavy atom. The van der Waals surface area contributed by atoms with E-state index < -0.39 is 12.1 Å². The van der Waals surface area contributed by atoms with Gasteiger partial charge in [0, 0.05) is 31.3 Å². The minimum absolute atomic E-state index is 0.0398. The predicted octanol–water partition coefficient (Wildman–Crippen LogP) is 3.75. The van der Waals surface area contributed by atoms with Crippen LogP contribution in [-0.4, -0.2) is 34.9 Å². The second kappa shape index (κ2) is 12.2. The summed E-state index contributed by atoms with van der Waals surface area (Å²) in [5.74, 6) is 0.00173. The molecule has 0 spiro atoms.